The first-order valence-electron chi connectivity index (χ1n) is 5.68. The maximum atomic E-state index is 6.09. The van der Waals surface area contributed by atoms with Gasteiger partial charge in [0.1, 0.15) is 0 Å². The van der Waals surface area contributed by atoms with Crippen LogP contribution in [0, 0.1) is 23.7 Å². The highest BCUT2D eigenvalue weighted by Gasteiger charge is 2.83. The summed E-state index contributed by atoms with van der Waals surface area (Å²) in [5, 5.41) is 0. The average Bonchev–Trinajstić information content (AvgIpc) is 2.69. The summed E-state index contributed by atoms with van der Waals surface area (Å²) in [6, 6.07) is 0. The van der Waals surface area contributed by atoms with Crippen molar-refractivity contribution in [3.8, 4) is 0 Å². The van der Waals surface area contributed by atoms with E-state index in [1.165, 1.54) is 6.42 Å². The van der Waals surface area contributed by atoms with Crippen LogP contribution in [0.2, 0.25) is 0 Å². The molecule has 3 heteroatoms. The average molecular weight is 194 g/mol. The van der Waals surface area contributed by atoms with Gasteiger partial charge in [-0.3, -0.25) is 0 Å². The van der Waals surface area contributed by atoms with Gasteiger partial charge in [0.05, 0.1) is 12.2 Å². The molecular weight excluding hydrogens is 180 g/mol. The summed E-state index contributed by atoms with van der Waals surface area (Å²) in [7, 11) is 0. The highest BCUT2D eigenvalue weighted by atomic mass is 16.8. The Bertz CT molecular complexity index is 320. The Hall–Kier alpha value is -0.120. The molecule has 5 fully saturated rings. The molecule has 8 unspecified atom stereocenters. The van der Waals surface area contributed by atoms with Gasteiger partial charge in [0.15, 0.2) is 11.6 Å². The fourth-order valence-corrected chi connectivity index (χ4v) is 5.33. The van der Waals surface area contributed by atoms with Gasteiger partial charge in [-0.25, -0.2) is 0 Å². The lowest BCUT2D eigenvalue weighted by Gasteiger charge is -2.25. The Kier molecular flexibility index (Phi) is 0.815. The lowest BCUT2D eigenvalue weighted by molar-refractivity contribution is -0.272. The van der Waals surface area contributed by atoms with Crippen LogP contribution in [-0.2, 0) is 14.2 Å². The van der Waals surface area contributed by atoms with E-state index in [4.69, 9.17) is 14.2 Å². The van der Waals surface area contributed by atoms with Crippen LogP contribution in [0.25, 0.3) is 0 Å². The quantitative estimate of drug-likeness (QED) is 0.578. The van der Waals surface area contributed by atoms with Crippen molar-refractivity contribution in [2.45, 2.75) is 44.1 Å². The van der Waals surface area contributed by atoms with Crippen LogP contribution in [0.4, 0.5) is 0 Å². The molecular formula is C11H14O3. The van der Waals surface area contributed by atoms with Crippen LogP contribution < -0.4 is 0 Å². The predicted molar refractivity (Wildman–Crippen MR) is 46.2 cm³/mol. The molecule has 2 bridgehead atoms. The van der Waals surface area contributed by atoms with Crippen LogP contribution in [0.1, 0.15) is 20.3 Å². The molecule has 5 aliphatic rings. The monoisotopic (exact) mass is 194 g/mol. The highest BCUT2D eigenvalue weighted by molar-refractivity contribution is 5.23. The summed E-state index contributed by atoms with van der Waals surface area (Å²) < 4.78 is 18.2. The van der Waals surface area contributed by atoms with Gasteiger partial charge >= 0.3 is 0 Å². The van der Waals surface area contributed by atoms with Crippen LogP contribution >= 0.6 is 0 Å². The molecule has 8 atom stereocenters. The third kappa shape index (κ3) is 0.450. The topological polar surface area (TPSA) is 27.7 Å². The van der Waals surface area contributed by atoms with Crippen LogP contribution in [0.15, 0.2) is 0 Å². The van der Waals surface area contributed by atoms with Crippen LogP contribution in [0.3, 0.4) is 0 Å². The minimum absolute atomic E-state index is 0.325. The van der Waals surface area contributed by atoms with Crippen molar-refractivity contribution in [3.63, 3.8) is 0 Å². The second-order valence-corrected chi connectivity index (χ2v) is 5.91. The normalized spacial score (nSPS) is 81.0. The zero-order valence-corrected chi connectivity index (χ0v) is 8.40. The van der Waals surface area contributed by atoms with E-state index in [0.29, 0.717) is 24.0 Å². The molecule has 76 valence electrons. The summed E-state index contributed by atoms with van der Waals surface area (Å²) in [5.41, 5.74) is 0. The standard InChI is InChI=1S/C11H14O3/c1-10-6-4-3-5-7(6)11(2,14-10)13-9(5)8(4)12-10/h4-9H,3H2,1-2H3. The van der Waals surface area contributed by atoms with Crippen molar-refractivity contribution in [2.75, 3.05) is 0 Å². The van der Waals surface area contributed by atoms with Gasteiger partial charge in [-0.15, -0.1) is 0 Å². The molecule has 2 aliphatic carbocycles. The van der Waals surface area contributed by atoms with Gasteiger partial charge in [-0.2, -0.15) is 0 Å². The Morgan fingerprint density at radius 1 is 0.929 bits per heavy atom. The minimum atomic E-state index is -0.325. The fourth-order valence-electron chi connectivity index (χ4n) is 5.33. The first-order chi connectivity index (χ1) is 6.62. The molecule has 0 radical (unpaired) electrons. The van der Waals surface area contributed by atoms with Gasteiger partial charge in [0, 0.05) is 11.8 Å². The maximum Gasteiger partial charge on any atom is 0.173 e. The van der Waals surface area contributed by atoms with E-state index in [2.05, 4.69) is 13.8 Å². The third-order valence-electron chi connectivity index (χ3n) is 5.38. The van der Waals surface area contributed by atoms with Crippen molar-refractivity contribution >= 4 is 0 Å². The molecule has 14 heavy (non-hydrogen) atoms. The van der Waals surface area contributed by atoms with Crippen LogP contribution in [-0.4, -0.2) is 23.8 Å². The first kappa shape index (κ1) is 7.20. The smallest absolute Gasteiger partial charge is 0.173 e. The maximum absolute atomic E-state index is 6.09. The summed E-state index contributed by atoms with van der Waals surface area (Å²) in [4.78, 5) is 0. The van der Waals surface area contributed by atoms with Crippen molar-refractivity contribution in [2.24, 2.45) is 23.7 Å². The Balaban J connectivity index is 1.86. The molecule has 0 aromatic rings. The van der Waals surface area contributed by atoms with Gasteiger partial charge in [-0.1, -0.05) is 0 Å². The molecule has 3 nitrogen and oxygen atoms in total. The van der Waals surface area contributed by atoms with Gasteiger partial charge in [0.25, 0.3) is 0 Å². The van der Waals surface area contributed by atoms with E-state index < -0.39 is 0 Å². The zero-order valence-electron chi connectivity index (χ0n) is 8.40. The number of hydrogen-bond donors (Lipinski definition) is 0. The summed E-state index contributed by atoms with van der Waals surface area (Å²) >= 11 is 0. The Morgan fingerprint density at radius 2 is 1.43 bits per heavy atom. The third-order valence-corrected chi connectivity index (χ3v) is 5.38. The SMILES string of the molecule is CC12OC3C4CC5C3OC(C)(O1)C5C42. The molecule has 3 aliphatic heterocycles. The van der Waals surface area contributed by atoms with Gasteiger partial charge in [0.2, 0.25) is 0 Å². The molecule has 0 spiro atoms. The number of fused-ring (bicyclic) bond motifs is 1. The molecule has 0 amide bonds. The minimum Gasteiger partial charge on any atom is -0.344 e. The van der Waals surface area contributed by atoms with E-state index in [0.717, 1.165) is 11.8 Å². The zero-order chi connectivity index (χ0) is 9.29. The van der Waals surface area contributed by atoms with Crippen molar-refractivity contribution in [3.05, 3.63) is 0 Å². The molecule has 5 rings (SSSR count). The Labute approximate surface area is 82.7 Å². The van der Waals surface area contributed by atoms with Crippen molar-refractivity contribution in [1.29, 1.82) is 0 Å². The first-order valence-corrected chi connectivity index (χ1v) is 5.68. The van der Waals surface area contributed by atoms with E-state index in [1.54, 1.807) is 0 Å². The second kappa shape index (κ2) is 1.58. The summed E-state index contributed by atoms with van der Waals surface area (Å²) in [5.74, 6) is 2.03. The molecule has 0 N–H and O–H groups in total. The molecule has 0 aromatic carbocycles. The lowest BCUT2D eigenvalue weighted by Crippen LogP contribution is -2.33. The summed E-state index contributed by atoms with van der Waals surface area (Å²) in [6.07, 6.45) is 2.00. The van der Waals surface area contributed by atoms with E-state index >= 15 is 0 Å². The fraction of sp³-hybridized carbons (Fsp3) is 1.00. The summed E-state index contributed by atoms with van der Waals surface area (Å²) in [6.45, 7) is 4.23. The van der Waals surface area contributed by atoms with Crippen LogP contribution in [0.5, 0.6) is 0 Å². The van der Waals surface area contributed by atoms with Gasteiger partial charge < -0.3 is 14.2 Å². The Morgan fingerprint density at radius 3 is 1.93 bits per heavy atom. The number of hydrogen-bond acceptors (Lipinski definition) is 3. The highest BCUT2D eigenvalue weighted by Crippen LogP contribution is 2.75. The molecule has 0 aromatic heterocycles. The largest absolute Gasteiger partial charge is 0.344 e. The molecule has 2 saturated carbocycles. The lowest BCUT2D eigenvalue weighted by atomic mass is 9.77. The van der Waals surface area contributed by atoms with Gasteiger partial charge in [-0.05, 0) is 32.1 Å². The predicted octanol–water partition coefficient (Wildman–Crippen LogP) is 1.13. The molecule has 3 saturated heterocycles. The molecule has 3 heterocycles. The van der Waals surface area contributed by atoms with Crippen molar-refractivity contribution in [1.82, 2.24) is 0 Å². The van der Waals surface area contributed by atoms with E-state index in [9.17, 15) is 0 Å². The van der Waals surface area contributed by atoms with E-state index in [-0.39, 0.29) is 11.6 Å². The number of rotatable bonds is 0. The second-order valence-electron chi connectivity index (χ2n) is 5.91. The van der Waals surface area contributed by atoms with E-state index in [1.807, 2.05) is 0 Å². The van der Waals surface area contributed by atoms with Crippen molar-refractivity contribution < 1.29 is 14.2 Å². The number of ether oxygens (including phenoxy) is 3.